The van der Waals surface area contributed by atoms with Crippen LogP contribution in [0.3, 0.4) is 0 Å². The van der Waals surface area contributed by atoms with Crippen molar-refractivity contribution in [3.8, 4) is 0 Å². The molecule has 0 rings (SSSR count). The van der Waals surface area contributed by atoms with Crippen molar-refractivity contribution >= 4 is 17.8 Å². The van der Waals surface area contributed by atoms with E-state index >= 15 is 0 Å². The van der Waals surface area contributed by atoms with Crippen LogP contribution in [0.5, 0.6) is 0 Å². The van der Waals surface area contributed by atoms with E-state index in [1.807, 2.05) is 0 Å². The van der Waals surface area contributed by atoms with Gasteiger partial charge in [-0.25, -0.2) is 4.79 Å². The third kappa shape index (κ3) is 4.96. The maximum atomic E-state index is 11.1. The Kier molecular flexibility index (Phi) is 6.03. The molecular formula is C8H14N2O5. The maximum Gasteiger partial charge on any atom is 0.328 e. The fourth-order valence-corrected chi connectivity index (χ4v) is 0.839. The molecule has 0 saturated heterocycles. The molecule has 7 nitrogen and oxygen atoms in total. The maximum absolute atomic E-state index is 11.1. The van der Waals surface area contributed by atoms with Gasteiger partial charge in [0.05, 0.1) is 27.2 Å². The number of nitrogens with two attached hydrogens (primary N) is 1. The monoisotopic (exact) mass is 218 g/mol. The third-order valence-electron chi connectivity index (χ3n) is 1.60. The van der Waals surface area contributed by atoms with Crippen LogP contribution in [0.15, 0.2) is 0 Å². The quantitative estimate of drug-likeness (QED) is 0.525. The van der Waals surface area contributed by atoms with Crippen LogP contribution in [-0.4, -0.2) is 44.7 Å². The van der Waals surface area contributed by atoms with Gasteiger partial charge in [0.15, 0.2) is 0 Å². The van der Waals surface area contributed by atoms with Gasteiger partial charge in [-0.15, -0.1) is 0 Å². The molecule has 0 aromatic rings. The predicted molar refractivity (Wildman–Crippen MR) is 49.6 cm³/mol. The molecule has 0 bridgehead atoms. The zero-order chi connectivity index (χ0) is 11.8. The Balaban J connectivity index is 4.37. The number of esters is 2. The number of rotatable bonds is 5. The molecule has 3 N–H and O–H groups in total. The minimum atomic E-state index is -1.06. The summed E-state index contributed by atoms with van der Waals surface area (Å²) < 4.78 is 8.76. The number of carbonyl (C=O) groups excluding carboxylic acids is 3. The molecule has 1 amide bonds. The molecule has 0 unspecified atom stereocenters. The summed E-state index contributed by atoms with van der Waals surface area (Å²) in [6.45, 7) is -0.269. The van der Waals surface area contributed by atoms with E-state index in [1.54, 1.807) is 0 Å². The first kappa shape index (κ1) is 13.4. The molecule has 15 heavy (non-hydrogen) atoms. The highest BCUT2D eigenvalue weighted by Gasteiger charge is 2.24. The lowest BCUT2D eigenvalue weighted by atomic mass is 10.2. The fourth-order valence-electron chi connectivity index (χ4n) is 0.839. The molecule has 7 heteroatoms. The van der Waals surface area contributed by atoms with Gasteiger partial charge in [0, 0.05) is 0 Å². The molecule has 0 aliphatic carbocycles. The summed E-state index contributed by atoms with van der Waals surface area (Å²) in [5.41, 5.74) is 5.04. The van der Waals surface area contributed by atoms with Gasteiger partial charge in [0.25, 0.3) is 0 Å². The van der Waals surface area contributed by atoms with Gasteiger partial charge in [0.1, 0.15) is 6.04 Å². The van der Waals surface area contributed by atoms with Crippen LogP contribution in [0.25, 0.3) is 0 Å². The van der Waals surface area contributed by atoms with Crippen molar-refractivity contribution in [3.05, 3.63) is 0 Å². The Morgan fingerprint density at radius 1 is 1.27 bits per heavy atom. The van der Waals surface area contributed by atoms with Crippen molar-refractivity contribution in [2.75, 3.05) is 20.8 Å². The predicted octanol–water partition coefficient (Wildman–Crippen LogP) is -1.83. The van der Waals surface area contributed by atoms with Gasteiger partial charge < -0.3 is 20.5 Å². The average molecular weight is 218 g/mol. The van der Waals surface area contributed by atoms with Crippen LogP contribution < -0.4 is 11.1 Å². The number of nitrogens with one attached hydrogen (secondary N) is 1. The number of hydrogen-bond acceptors (Lipinski definition) is 6. The summed E-state index contributed by atoms with van der Waals surface area (Å²) >= 11 is 0. The Bertz CT molecular complexity index is 235. The Morgan fingerprint density at radius 2 is 1.87 bits per heavy atom. The smallest absolute Gasteiger partial charge is 0.328 e. The number of hydrogen-bond donors (Lipinski definition) is 2. The molecule has 1 atom stereocenters. The van der Waals surface area contributed by atoms with E-state index in [9.17, 15) is 14.4 Å². The summed E-state index contributed by atoms with van der Waals surface area (Å²) in [5, 5.41) is 2.24. The zero-order valence-corrected chi connectivity index (χ0v) is 8.61. The molecule has 86 valence electrons. The van der Waals surface area contributed by atoms with Crippen molar-refractivity contribution in [2.45, 2.75) is 12.5 Å². The average Bonchev–Trinajstić information content (AvgIpc) is 2.26. The summed E-state index contributed by atoms with van der Waals surface area (Å²) in [6.07, 6.45) is -0.283. The second-order valence-electron chi connectivity index (χ2n) is 2.63. The van der Waals surface area contributed by atoms with Gasteiger partial charge in [-0.05, 0) is 0 Å². The van der Waals surface area contributed by atoms with Crippen molar-refractivity contribution in [2.24, 2.45) is 5.73 Å². The molecule has 0 aromatic carbocycles. The van der Waals surface area contributed by atoms with Crippen molar-refractivity contribution in [1.29, 1.82) is 0 Å². The van der Waals surface area contributed by atoms with Crippen LogP contribution >= 0.6 is 0 Å². The molecule has 0 radical (unpaired) electrons. The SMILES string of the molecule is COC(=O)C[C@H](NC(=O)CN)C(=O)OC. The van der Waals surface area contributed by atoms with E-state index in [0.717, 1.165) is 7.11 Å². The molecule has 0 spiro atoms. The van der Waals surface area contributed by atoms with E-state index in [4.69, 9.17) is 5.73 Å². The van der Waals surface area contributed by atoms with Crippen molar-refractivity contribution < 1.29 is 23.9 Å². The number of carbonyl (C=O) groups is 3. The summed E-state index contributed by atoms with van der Waals surface area (Å²) in [7, 11) is 2.34. The van der Waals surface area contributed by atoms with Crippen molar-refractivity contribution in [3.63, 3.8) is 0 Å². The molecule has 0 heterocycles. The number of ether oxygens (including phenoxy) is 2. The van der Waals surface area contributed by atoms with Gasteiger partial charge >= 0.3 is 11.9 Å². The van der Waals surface area contributed by atoms with Crippen LogP contribution in [0, 0.1) is 0 Å². The van der Waals surface area contributed by atoms with Crippen molar-refractivity contribution in [1.82, 2.24) is 5.32 Å². The second-order valence-corrected chi connectivity index (χ2v) is 2.63. The Hall–Kier alpha value is -1.63. The Morgan fingerprint density at radius 3 is 2.27 bits per heavy atom. The van der Waals surface area contributed by atoms with Gasteiger partial charge in [0.2, 0.25) is 5.91 Å². The largest absolute Gasteiger partial charge is 0.469 e. The zero-order valence-electron chi connectivity index (χ0n) is 8.61. The normalized spacial score (nSPS) is 11.4. The van der Waals surface area contributed by atoms with Gasteiger partial charge in [-0.1, -0.05) is 0 Å². The standard InChI is InChI=1S/C8H14N2O5/c1-14-7(12)3-5(8(13)15-2)10-6(11)4-9/h5H,3-4,9H2,1-2H3,(H,10,11)/t5-/m0/s1. The Labute approximate surface area is 86.9 Å². The highest BCUT2D eigenvalue weighted by molar-refractivity contribution is 5.88. The first-order valence-electron chi connectivity index (χ1n) is 4.19. The van der Waals surface area contributed by atoms with Gasteiger partial charge in [-0.3, -0.25) is 9.59 Å². The molecule has 0 fully saturated rings. The molecule has 0 aliphatic rings. The summed E-state index contributed by atoms with van der Waals surface area (Å²) in [5.74, 6) is -1.89. The van der Waals surface area contributed by atoms with E-state index < -0.39 is 23.9 Å². The molecule has 0 saturated carbocycles. The molecule has 0 aliphatic heterocycles. The van der Waals surface area contributed by atoms with Crippen LogP contribution in [0.1, 0.15) is 6.42 Å². The van der Waals surface area contributed by atoms with E-state index in [2.05, 4.69) is 14.8 Å². The highest BCUT2D eigenvalue weighted by Crippen LogP contribution is 1.97. The highest BCUT2D eigenvalue weighted by atomic mass is 16.5. The minimum Gasteiger partial charge on any atom is -0.469 e. The lowest BCUT2D eigenvalue weighted by Crippen LogP contribution is -2.45. The lowest BCUT2D eigenvalue weighted by Gasteiger charge is -2.14. The third-order valence-corrected chi connectivity index (χ3v) is 1.60. The molecular weight excluding hydrogens is 204 g/mol. The first-order valence-corrected chi connectivity index (χ1v) is 4.19. The van der Waals surface area contributed by atoms with E-state index in [-0.39, 0.29) is 13.0 Å². The molecule has 0 aromatic heterocycles. The first-order chi connectivity index (χ1) is 7.04. The number of amides is 1. The van der Waals surface area contributed by atoms with Gasteiger partial charge in [-0.2, -0.15) is 0 Å². The van der Waals surface area contributed by atoms with E-state index in [1.165, 1.54) is 7.11 Å². The topological polar surface area (TPSA) is 108 Å². The minimum absolute atomic E-state index is 0.269. The van der Waals surface area contributed by atoms with Crippen LogP contribution in [0.2, 0.25) is 0 Å². The summed E-state index contributed by atoms with van der Waals surface area (Å²) in [4.78, 5) is 32.9. The fraction of sp³-hybridized carbons (Fsp3) is 0.625. The van der Waals surface area contributed by atoms with Crippen LogP contribution in [-0.2, 0) is 23.9 Å². The number of methoxy groups -OCH3 is 2. The van der Waals surface area contributed by atoms with E-state index in [0.29, 0.717) is 0 Å². The summed E-state index contributed by atoms with van der Waals surface area (Å²) in [6, 6.07) is -1.06. The second kappa shape index (κ2) is 6.77. The lowest BCUT2D eigenvalue weighted by molar-refractivity contribution is -0.150. The van der Waals surface area contributed by atoms with Crippen LogP contribution in [0.4, 0.5) is 0 Å².